The van der Waals surface area contributed by atoms with Crippen molar-refractivity contribution >= 4 is 17.9 Å². The summed E-state index contributed by atoms with van der Waals surface area (Å²) in [6.45, 7) is 8.10. The molecule has 1 aromatic carbocycles. The number of aromatic nitrogens is 2. The Bertz CT molecular complexity index is 1100. The zero-order valence-corrected chi connectivity index (χ0v) is 20.4. The van der Waals surface area contributed by atoms with Crippen molar-refractivity contribution < 1.29 is 23.4 Å². The topological polar surface area (TPSA) is 70.8 Å². The number of benzene rings is 1. The number of carboxylic acid groups (broad SMARTS) is 1. The maximum absolute atomic E-state index is 14.7. The lowest BCUT2D eigenvalue weighted by Crippen LogP contribution is -2.58. The zero-order chi connectivity index (χ0) is 24.2. The summed E-state index contributed by atoms with van der Waals surface area (Å²) in [6.07, 6.45) is -0.427. The van der Waals surface area contributed by atoms with Crippen molar-refractivity contribution in [2.24, 2.45) is 0 Å². The maximum Gasteiger partial charge on any atom is 0.408 e. The summed E-state index contributed by atoms with van der Waals surface area (Å²) in [5.41, 5.74) is 1.60. The molecule has 34 heavy (non-hydrogen) atoms. The first-order chi connectivity index (χ1) is 16.1. The van der Waals surface area contributed by atoms with E-state index >= 15 is 0 Å². The highest BCUT2D eigenvalue weighted by Crippen LogP contribution is 2.40. The van der Waals surface area contributed by atoms with Crippen LogP contribution in [0.4, 0.5) is 13.6 Å². The molecule has 4 heterocycles. The van der Waals surface area contributed by atoms with Gasteiger partial charge in [-0.3, -0.25) is 9.80 Å². The fourth-order valence-electron chi connectivity index (χ4n) is 5.49. The normalized spacial score (nSPS) is 25.1. The molecule has 2 aromatic rings. The molecular formula is C24H30F2N4O3S. The summed E-state index contributed by atoms with van der Waals surface area (Å²) in [5, 5.41) is 11.2. The van der Waals surface area contributed by atoms with E-state index in [9.17, 15) is 18.7 Å². The third kappa shape index (κ3) is 4.20. The van der Waals surface area contributed by atoms with Gasteiger partial charge in [-0.05, 0) is 51.8 Å². The maximum atomic E-state index is 14.7. The second kappa shape index (κ2) is 8.80. The van der Waals surface area contributed by atoms with Crippen LogP contribution in [0, 0.1) is 11.6 Å². The largest absolute Gasteiger partial charge is 0.465 e. The van der Waals surface area contributed by atoms with Crippen LogP contribution in [0.2, 0.25) is 0 Å². The number of thioether (sulfide) groups is 1. The van der Waals surface area contributed by atoms with Gasteiger partial charge >= 0.3 is 6.09 Å². The molecule has 7 nitrogen and oxygen atoms in total. The molecular weight excluding hydrogens is 462 g/mol. The molecule has 5 rings (SSSR count). The van der Waals surface area contributed by atoms with Crippen LogP contribution in [-0.2, 0) is 24.4 Å². The van der Waals surface area contributed by atoms with Gasteiger partial charge in [0.2, 0.25) is 0 Å². The first-order valence-corrected chi connectivity index (χ1v) is 12.7. The first kappa shape index (κ1) is 23.6. The predicted molar refractivity (Wildman–Crippen MR) is 124 cm³/mol. The van der Waals surface area contributed by atoms with Crippen molar-refractivity contribution in [1.29, 1.82) is 0 Å². The summed E-state index contributed by atoms with van der Waals surface area (Å²) >= 11 is 1.79. The van der Waals surface area contributed by atoms with Gasteiger partial charge in [0.25, 0.3) is 0 Å². The number of carbonyl (C=O) groups is 1. The Morgan fingerprint density at radius 1 is 1.29 bits per heavy atom. The summed E-state index contributed by atoms with van der Waals surface area (Å²) in [4.78, 5) is 20.8. The Morgan fingerprint density at radius 2 is 2.09 bits per heavy atom. The average Bonchev–Trinajstić information content (AvgIpc) is 3.32. The van der Waals surface area contributed by atoms with Crippen LogP contribution in [0.5, 0.6) is 0 Å². The molecule has 1 fully saturated rings. The van der Waals surface area contributed by atoms with E-state index in [2.05, 4.69) is 9.47 Å². The van der Waals surface area contributed by atoms with Crippen LogP contribution in [0.15, 0.2) is 23.4 Å². The van der Waals surface area contributed by atoms with E-state index in [0.29, 0.717) is 19.6 Å². The van der Waals surface area contributed by atoms with E-state index in [1.807, 2.05) is 0 Å². The van der Waals surface area contributed by atoms with Crippen molar-refractivity contribution in [2.75, 3.05) is 12.4 Å². The molecule has 3 atom stereocenters. The van der Waals surface area contributed by atoms with Gasteiger partial charge in [-0.1, -0.05) is 11.8 Å². The van der Waals surface area contributed by atoms with Gasteiger partial charge in [-0.2, -0.15) is 0 Å². The molecule has 184 valence electrons. The standard InChI is InChI=1S/C24H30F2N4O3S/c1-24(2,3)30(23(31)32)19-10-15(13-33-21(19)16-9-14(25)5-6-17(16)26)28-11-18-20(12-28)29-7-4-8-34-22(29)27-18/h5-6,9,15,19,21H,4,7-8,10-13H2,1-3H3,(H,31,32)/t15-,19+,21-/m1/s1. The molecule has 1 saturated heterocycles. The highest BCUT2D eigenvalue weighted by atomic mass is 32.2. The number of amides is 1. The number of fused-ring (bicyclic) bond motifs is 3. The first-order valence-electron chi connectivity index (χ1n) is 11.7. The van der Waals surface area contributed by atoms with E-state index < -0.39 is 35.4 Å². The fourth-order valence-corrected chi connectivity index (χ4v) is 6.48. The van der Waals surface area contributed by atoms with Crippen LogP contribution in [0.1, 0.15) is 56.7 Å². The molecule has 0 spiro atoms. The van der Waals surface area contributed by atoms with Crippen LogP contribution >= 0.6 is 11.8 Å². The molecule has 0 unspecified atom stereocenters. The molecule has 3 aliphatic heterocycles. The number of rotatable bonds is 3. The average molecular weight is 493 g/mol. The number of hydrogen-bond donors (Lipinski definition) is 1. The molecule has 1 amide bonds. The lowest BCUT2D eigenvalue weighted by Gasteiger charge is -2.48. The Balaban J connectivity index is 1.44. The van der Waals surface area contributed by atoms with Crippen LogP contribution in [0.25, 0.3) is 0 Å². The van der Waals surface area contributed by atoms with E-state index in [1.165, 1.54) is 10.6 Å². The Morgan fingerprint density at radius 3 is 2.82 bits per heavy atom. The van der Waals surface area contributed by atoms with Crippen LogP contribution < -0.4 is 0 Å². The third-order valence-electron chi connectivity index (χ3n) is 6.96. The van der Waals surface area contributed by atoms with Crippen molar-refractivity contribution in [2.45, 2.75) is 82.1 Å². The highest BCUT2D eigenvalue weighted by molar-refractivity contribution is 7.99. The number of ether oxygens (including phenoxy) is 1. The summed E-state index contributed by atoms with van der Waals surface area (Å²) in [6, 6.07) is 2.51. The van der Waals surface area contributed by atoms with Crippen molar-refractivity contribution in [1.82, 2.24) is 19.4 Å². The molecule has 1 N–H and O–H groups in total. The minimum Gasteiger partial charge on any atom is -0.465 e. The quantitative estimate of drug-likeness (QED) is 0.673. The fraction of sp³-hybridized carbons (Fsp3) is 0.583. The smallest absolute Gasteiger partial charge is 0.408 e. The Kier molecular flexibility index (Phi) is 6.10. The SMILES string of the molecule is CC(C)(C)N(C(=O)O)[C@H]1C[C@@H](N2Cc3nc4n(c3C2)CCCS4)CO[C@@H]1c1cc(F)ccc1F. The molecule has 3 aliphatic rings. The molecule has 0 radical (unpaired) electrons. The van der Waals surface area contributed by atoms with E-state index in [-0.39, 0.29) is 11.6 Å². The van der Waals surface area contributed by atoms with Gasteiger partial charge in [0.15, 0.2) is 5.16 Å². The van der Waals surface area contributed by atoms with Gasteiger partial charge in [0.05, 0.1) is 24.0 Å². The lowest BCUT2D eigenvalue weighted by molar-refractivity contribution is -0.103. The molecule has 10 heteroatoms. The number of nitrogens with zero attached hydrogens (tertiary/aromatic N) is 4. The lowest BCUT2D eigenvalue weighted by atomic mass is 9.88. The number of imidazole rings is 1. The second-order valence-corrected chi connectivity index (χ2v) is 11.3. The van der Waals surface area contributed by atoms with Crippen LogP contribution in [0.3, 0.4) is 0 Å². The van der Waals surface area contributed by atoms with Crippen molar-refractivity contribution in [3.63, 3.8) is 0 Å². The summed E-state index contributed by atoms with van der Waals surface area (Å²) < 4.78 is 37.2. The van der Waals surface area contributed by atoms with E-state index in [1.54, 1.807) is 32.5 Å². The molecule has 0 saturated carbocycles. The van der Waals surface area contributed by atoms with Crippen molar-refractivity contribution in [3.05, 3.63) is 46.8 Å². The van der Waals surface area contributed by atoms with Gasteiger partial charge < -0.3 is 14.4 Å². The van der Waals surface area contributed by atoms with Gasteiger partial charge in [0, 0.05) is 42.5 Å². The minimum absolute atomic E-state index is 0.0561. The monoisotopic (exact) mass is 492 g/mol. The molecule has 0 bridgehead atoms. The van der Waals surface area contributed by atoms with Gasteiger partial charge in [0.1, 0.15) is 17.7 Å². The minimum atomic E-state index is -1.11. The molecule has 0 aliphatic carbocycles. The predicted octanol–water partition coefficient (Wildman–Crippen LogP) is 4.65. The van der Waals surface area contributed by atoms with Crippen molar-refractivity contribution in [3.8, 4) is 0 Å². The van der Waals surface area contributed by atoms with Crippen LogP contribution in [-0.4, -0.2) is 60.5 Å². The molecule has 1 aromatic heterocycles. The van der Waals surface area contributed by atoms with E-state index in [0.717, 1.165) is 54.3 Å². The Labute approximate surface area is 202 Å². The van der Waals surface area contributed by atoms with Gasteiger partial charge in [-0.25, -0.2) is 18.6 Å². The zero-order valence-electron chi connectivity index (χ0n) is 19.6. The van der Waals surface area contributed by atoms with E-state index in [4.69, 9.17) is 9.72 Å². The number of halogens is 2. The Hall–Kier alpha value is -2.17. The highest BCUT2D eigenvalue weighted by Gasteiger charge is 2.46. The third-order valence-corrected chi connectivity index (χ3v) is 8.02. The summed E-state index contributed by atoms with van der Waals surface area (Å²) in [5.74, 6) is -0.0831. The van der Waals surface area contributed by atoms with Gasteiger partial charge in [-0.15, -0.1) is 0 Å². The second-order valence-electron chi connectivity index (χ2n) is 10.2. The summed E-state index contributed by atoms with van der Waals surface area (Å²) in [7, 11) is 0. The number of hydrogen-bond acceptors (Lipinski definition) is 5.